The number of nitro benzene ring substituents is 2. The highest BCUT2D eigenvalue weighted by Crippen LogP contribution is 2.66. The number of Topliss-reactive ketones (excluding diaryl/α,β-unsaturated/α-hetero) is 1. The van der Waals surface area contributed by atoms with Crippen molar-refractivity contribution in [3.8, 4) is 0 Å². The summed E-state index contributed by atoms with van der Waals surface area (Å²) in [6.07, 6.45) is 8.91. The zero-order valence-corrected chi connectivity index (χ0v) is 23.4. The monoisotopic (exact) mass is 565 g/mol. The predicted octanol–water partition coefficient (Wildman–Crippen LogP) is 5.20. The van der Waals surface area contributed by atoms with Gasteiger partial charge in [-0.25, -0.2) is 4.79 Å². The zero-order chi connectivity index (χ0) is 29.3. The number of fused-ring (bicyclic) bond motifs is 5. The Hall–Kier alpha value is -3.63. The number of carbonyl (C=O) groups is 3. The smallest absolute Gasteiger partial charge is 0.339 e. The van der Waals surface area contributed by atoms with Gasteiger partial charge in [0.05, 0.1) is 15.4 Å². The summed E-state index contributed by atoms with van der Waals surface area (Å²) in [6.45, 7) is 4.97. The van der Waals surface area contributed by atoms with Crippen LogP contribution in [0, 0.1) is 54.7 Å². The quantitative estimate of drug-likeness (QED) is 0.188. The minimum Gasteiger partial charge on any atom is -0.454 e. The first kappa shape index (κ1) is 27.5. The average Bonchev–Trinajstić information content (AvgIpc) is 3.71. The SMILES string of the molecule is C[C@]12CC[C@H]3[C@@H](CCC4=CC(=O)CC[C@@]43C)[C@@H]1CC[C@@H]2C(=O)COC(=O)c1cc([N+](=O)[O-])c(N2CC2)c([N+](=O)[O-])c1. The van der Waals surface area contributed by atoms with Crippen molar-refractivity contribution in [2.75, 3.05) is 24.6 Å². The van der Waals surface area contributed by atoms with E-state index in [9.17, 15) is 34.6 Å². The van der Waals surface area contributed by atoms with E-state index >= 15 is 0 Å². The first-order valence-electron chi connectivity index (χ1n) is 14.6. The topological polar surface area (TPSA) is 150 Å². The second-order valence-electron chi connectivity index (χ2n) is 13.1. The lowest BCUT2D eigenvalue weighted by Gasteiger charge is -2.58. The fourth-order valence-corrected chi connectivity index (χ4v) is 9.01. The van der Waals surface area contributed by atoms with E-state index in [1.807, 2.05) is 6.08 Å². The third-order valence-electron chi connectivity index (χ3n) is 11.2. The van der Waals surface area contributed by atoms with Crippen molar-refractivity contribution in [2.24, 2.45) is 34.5 Å². The molecule has 1 aliphatic heterocycles. The van der Waals surface area contributed by atoms with Crippen LogP contribution in [0.4, 0.5) is 17.1 Å². The molecule has 3 saturated carbocycles. The van der Waals surface area contributed by atoms with Gasteiger partial charge < -0.3 is 9.64 Å². The Kier molecular flexibility index (Phi) is 6.54. The maximum absolute atomic E-state index is 13.5. The number of esters is 1. The van der Waals surface area contributed by atoms with Crippen LogP contribution in [-0.4, -0.2) is 47.1 Å². The highest BCUT2D eigenvalue weighted by atomic mass is 16.6. The number of carbonyl (C=O) groups excluding carboxylic acids is 3. The highest BCUT2D eigenvalue weighted by Gasteiger charge is 2.60. The molecule has 41 heavy (non-hydrogen) atoms. The molecule has 0 amide bonds. The molecule has 6 rings (SSSR count). The Morgan fingerprint density at radius 1 is 0.976 bits per heavy atom. The van der Waals surface area contributed by atoms with Crippen LogP contribution in [0.2, 0.25) is 0 Å². The molecule has 0 spiro atoms. The predicted molar refractivity (Wildman–Crippen MR) is 147 cm³/mol. The van der Waals surface area contributed by atoms with Gasteiger partial charge in [-0.1, -0.05) is 19.4 Å². The summed E-state index contributed by atoms with van der Waals surface area (Å²) in [6, 6.07) is 1.99. The molecule has 6 atom stereocenters. The molecule has 0 aromatic heterocycles. The molecule has 1 aromatic rings. The summed E-state index contributed by atoms with van der Waals surface area (Å²) in [5, 5.41) is 23.3. The van der Waals surface area contributed by atoms with Gasteiger partial charge in [0.25, 0.3) is 0 Å². The molecule has 4 fully saturated rings. The molecule has 4 aliphatic carbocycles. The number of rotatable bonds is 7. The molecule has 0 radical (unpaired) electrons. The Morgan fingerprint density at radius 2 is 1.66 bits per heavy atom. The van der Waals surface area contributed by atoms with E-state index in [2.05, 4.69) is 13.8 Å². The van der Waals surface area contributed by atoms with Crippen LogP contribution in [-0.2, 0) is 14.3 Å². The zero-order valence-electron chi connectivity index (χ0n) is 23.4. The number of nitro groups is 2. The van der Waals surface area contributed by atoms with Crippen LogP contribution in [0.3, 0.4) is 0 Å². The number of ether oxygens (including phenoxy) is 1. The van der Waals surface area contributed by atoms with Crippen LogP contribution < -0.4 is 4.90 Å². The molecule has 1 heterocycles. The number of hydrogen-bond acceptors (Lipinski definition) is 9. The average molecular weight is 566 g/mol. The standard InChI is InChI=1S/C30H35N3O8/c1-29-9-7-19(34)15-18(29)3-4-20-21-5-6-23(30(21,2)10-8-22(20)29)26(35)16-41-28(36)17-13-24(32(37)38)27(31-11-12-31)25(14-17)33(39)40/h13-15,20-23H,3-12,16H2,1-2H3/t20-,21-,22-,23+,29-,30-/m0/s1. The van der Waals surface area contributed by atoms with Gasteiger partial charge >= 0.3 is 17.3 Å². The summed E-state index contributed by atoms with van der Waals surface area (Å²) in [7, 11) is 0. The molecule has 11 heteroatoms. The third-order valence-corrected chi connectivity index (χ3v) is 11.2. The molecule has 1 saturated heterocycles. The summed E-state index contributed by atoms with van der Waals surface area (Å²) >= 11 is 0. The van der Waals surface area contributed by atoms with Crippen LogP contribution in [0.5, 0.6) is 0 Å². The second kappa shape index (κ2) is 9.73. The third kappa shape index (κ3) is 4.44. The van der Waals surface area contributed by atoms with Gasteiger partial charge in [-0.05, 0) is 79.6 Å². The van der Waals surface area contributed by atoms with Gasteiger partial charge in [-0.15, -0.1) is 0 Å². The van der Waals surface area contributed by atoms with Crippen molar-refractivity contribution in [1.29, 1.82) is 0 Å². The van der Waals surface area contributed by atoms with Gasteiger partial charge in [0.1, 0.15) is 0 Å². The van der Waals surface area contributed by atoms with E-state index in [0.29, 0.717) is 37.3 Å². The minimum absolute atomic E-state index is 0.0487. The van der Waals surface area contributed by atoms with Crippen LogP contribution >= 0.6 is 0 Å². The first-order valence-corrected chi connectivity index (χ1v) is 14.6. The van der Waals surface area contributed by atoms with Gasteiger partial charge in [-0.2, -0.15) is 0 Å². The van der Waals surface area contributed by atoms with Crippen molar-refractivity contribution in [3.63, 3.8) is 0 Å². The maximum Gasteiger partial charge on any atom is 0.339 e. The maximum atomic E-state index is 13.5. The van der Waals surface area contributed by atoms with Crippen LogP contribution in [0.1, 0.15) is 75.6 Å². The number of hydrogen-bond donors (Lipinski definition) is 0. The number of anilines is 1. The van der Waals surface area contributed by atoms with Crippen molar-refractivity contribution >= 4 is 34.6 Å². The van der Waals surface area contributed by atoms with E-state index < -0.39 is 33.8 Å². The summed E-state index contributed by atoms with van der Waals surface area (Å²) in [4.78, 5) is 61.8. The van der Waals surface area contributed by atoms with Crippen molar-refractivity contribution in [2.45, 2.75) is 65.2 Å². The summed E-state index contributed by atoms with van der Waals surface area (Å²) in [5.41, 5.74) is -0.342. The van der Waals surface area contributed by atoms with E-state index in [1.54, 1.807) is 0 Å². The van der Waals surface area contributed by atoms with Gasteiger partial charge in [0, 0.05) is 37.6 Å². The lowest BCUT2D eigenvalue weighted by atomic mass is 9.46. The van der Waals surface area contributed by atoms with E-state index in [-0.39, 0.29) is 39.6 Å². The second-order valence-corrected chi connectivity index (χ2v) is 13.1. The van der Waals surface area contributed by atoms with Crippen LogP contribution in [0.25, 0.3) is 0 Å². The van der Waals surface area contributed by atoms with Gasteiger partial charge in [0.2, 0.25) is 0 Å². The highest BCUT2D eigenvalue weighted by molar-refractivity contribution is 5.96. The molecule has 0 N–H and O–H groups in total. The van der Waals surface area contributed by atoms with Gasteiger partial charge in [-0.3, -0.25) is 29.8 Å². The molecular weight excluding hydrogens is 530 g/mol. The van der Waals surface area contributed by atoms with E-state index in [0.717, 1.165) is 57.1 Å². The molecular formula is C30H35N3O8. The first-order chi connectivity index (χ1) is 19.4. The lowest BCUT2D eigenvalue weighted by molar-refractivity contribution is -0.392. The molecule has 5 aliphatic rings. The van der Waals surface area contributed by atoms with Gasteiger partial charge in [0.15, 0.2) is 23.9 Å². The van der Waals surface area contributed by atoms with Crippen LogP contribution in [0.15, 0.2) is 23.8 Å². The minimum atomic E-state index is -0.989. The Bertz CT molecular complexity index is 1360. The Labute approximate surface area is 237 Å². The number of allylic oxidation sites excluding steroid dienone is 1. The molecule has 11 nitrogen and oxygen atoms in total. The van der Waals surface area contributed by atoms with Crippen molar-refractivity contribution in [3.05, 3.63) is 49.6 Å². The Balaban J connectivity index is 1.16. The molecule has 0 bridgehead atoms. The van der Waals surface area contributed by atoms with Crippen molar-refractivity contribution < 1.29 is 29.0 Å². The number of benzene rings is 1. The molecule has 0 unspecified atom stereocenters. The van der Waals surface area contributed by atoms with E-state index in [4.69, 9.17) is 4.74 Å². The number of nitrogens with zero attached hydrogens (tertiary/aromatic N) is 3. The molecule has 218 valence electrons. The summed E-state index contributed by atoms with van der Waals surface area (Å²) in [5.74, 6) is 0.200. The van der Waals surface area contributed by atoms with Crippen molar-refractivity contribution in [1.82, 2.24) is 0 Å². The lowest BCUT2D eigenvalue weighted by Crippen LogP contribution is -2.51. The Morgan fingerprint density at radius 3 is 2.29 bits per heavy atom. The molecule has 1 aromatic carbocycles. The fraction of sp³-hybridized carbons (Fsp3) is 0.633. The largest absolute Gasteiger partial charge is 0.454 e. The van der Waals surface area contributed by atoms with E-state index in [1.165, 1.54) is 10.5 Å². The summed E-state index contributed by atoms with van der Waals surface area (Å²) < 4.78 is 5.33. The normalized spacial score (nSPS) is 33.7. The fourth-order valence-electron chi connectivity index (χ4n) is 9.01. The number of ketones is 2.